The van der Waals surface area contributed by atoms with Crippen LogP contribution in [0.5, 0.6) is 0 Å². The fourth-order valence-electron chi connectivity index (χ4n) is 2.57. The molecule has 0 unspecified atom stereocenters. The smallest absolute Gasteiger partial charge is 0.0669 e. The molecule has 0 aromatic heterocycles. The van der Waals surface area contributed by atoms with Gasteiger partial charge in [0.1, 0.15) is 0 Å². The molecule has 4 heteroatoms. The van der Waals surface area contributed by atoms with Gasteiger partial charge >= 0.3 is 0 Å². The molecule has 112 valence electrons. The largest absolute Gasteiger partial charge is 0.383 e. The van der Waals surface area contributed by atoms with Crippen LogP contribution in [0.3, 0.4) is 0 Å². The molecule has 0 fully saturated rings. The van der Waals surface area contributed by atoms with E-state index in [-0.39, 0.29) is 0 Å². The molecule has 0 N–H and O–H groups in total. The van der Waals surface area contributed by atoms with Gasteiger partial charge in [0, 0.05) is 24.3 Å². The van der Waals surface area contributed by atoms with Gasteiger partial charge in [-0.15, -0.1) is 0 Å². The van der Waals surface area contributed by atoms with E-state index in [0.29, 0.717) is 23.3 Å². The molecule has 0 heterocycles. The fraction of sp³-hybridized carbons (Fsp3) is 0.294. The molecule has 0 saturated heterocycles. The minimum Gasteiger partial charge on any atom is -0.383 e. The quantitative estimate of drug-likeness (QED) is 0.774. The lowest BCUT2D eigenvalue weighted by Gasteiger charge is -2.34. The highest BCUT2D eigenvalue weighted by molar-refractivity contribution is 6.30. The lowest BCUT2D eigenvalue weighted by atomic mass is 9.75. The van der Waals surface area contributed by atoms with Crippen molar-refractivity contribution < 1.29 is 9.47 Å². The summed E-state index contributed by atoms with van der Waals surface area (Å²) in [6, 6.07) is 15.6. The molecule has 0 radical (unpaired) electrons. The molecule has 0 bridgehead atoms. The third-order valence-corrected chi connectivity index (χ3v) is 4.08. The Kier molecular flexibility index (Phi) is 5.65. The Morgan fingerprint density at radius 3 is 1.33 bits per heavy atom. The molecule has 21 heavy (non-hydrogen) atoms. The zero-order valence-corrected chi connectivity index (χ0v) is 13.6. The van der Waals surface area contributed by atoms with Gasteiger partial charge in [-0.25, -0.2) is 0 Å². The molecule has 2 nitrogen and oxygen atoms in total. The number of benzene rings is 2. The van der Waals surface area contributed by atoms with Crippen LogP contribution in [-0.4, -0.2) is 27.4 Å². The molecule has 2 rings (SSSR count). The predicted octanol–water partition coefficient (Wildman–Crippen LogP) is 4.57. The normalized spacial score (nSPS) is 11.6. The zero-order valence-electron chi connectivity index (χ0n) is 12.1. The van der Waals surface area contributed by atoms with Gasteiger partial charge in [-0.3, -0.25) is 0 Å². The summed E-state index contributed by atoms with van der Waals surface area (Å²) in [5, 5.41) is 1.41. The predicted molar refractivity (Wildman–Crippen MR) is 87.4 cm³/mol. The molecule has 0 spiro atoms. The lowest BCUT2D eigenvalue weighted by molar-refractivity contribution is 0.0794. The Labute approximate surface area is 135 Å². The van der Waals surface area contributed by atoms with Crippen LogP contribution in [0.25, 0.3) is 0 Å². The first kappa shape index (κ1) is 16.3. The van der Waals surface area contributed by atoms with Gasteiger partial charge in [0.15, 0.2) is 0 Å². The SMILES string of the molecule is COCC(COC)(c1ccc(Cl)cc1)c1ccc(Cl)cc1. The molecular weight excluding hydrogens is 307 g/mol. The molecule has 2 aromatic carbocycles. The molecule has 0 aliphatic carbocycles. The highest BCUT2D eigenvalue weighted by atomic mass is 35.5. The van der Waals surface area contributed by atoms with Crippen LogP contribution in [0.1, 0.15) is 11.1 Å². The van der Waals surface area contributed by atoms with Crippen molar-refractivity contribution in [1.82, 2.24) is 0 Å². The van der Waals surface area contributed by atoms with Gasteiger partial charge in [0.05, 0.1) is 18.6 Å². The average molecular weight is 325 g/mol. The number of ether oxygens (including phenoxy) is 2. The molecule has 0 aliphatic rings. The summed E-state index contributed by atoms with van der Waals surface area (Å²) in [4.78, 5) is 0. The van der Waals surface area contributed by atoms with Crippen LogP contribution in [0.4, 0.5) is 0 Å². The van der Waals surface area contributed by atoms with E-state index in [0.717, 1.165) is 11.1 Å². The van der Waals surface area contributed by atoms with Crippen molar-refractivity contribution in [2.45, 2.75) is 5.41 Å². The lowest BCUT2D eigenvalue weighted by Crippen LogP contribution is -2.37. The number of hydrogen-bond donors (Lipinski definition) is 0. The number of halogens is 2. The topological polar surface area (TPSA) is 18.5 Å². The second-order valence-electron chi connectivity index (χ2n) is 4.96. The Bertz CT molecular complexity index is 511. The summed E-state index contributed by atoms with van der Waals surface area (Å²) in [6.07, 6.45) is 0. The minimum atomic E-state index is -0.390. The molecule has 2 aromatic rings. The number of rotatable bonds is 6. The van der Waals surface area contributed by atoms with Gasteiger partial charge in [-0.2, -0.15) is 0 Å². The molecular formula is C17H18Cl2O2. The van der Waals surface area contributed by atoms with E-state index in [2.05, 4.69) is 0 Å². The Balaban J connectivity index is 2.56. The van der Waals surface area contributed by atoms with Crippen LogP contribution in [0, 0.1) is 0 Å². The first-order valence-electron chi connectivity index (χ1n) is 6.62. The summed E-state index contributed by atoms with van der Waals surface area (Å²) in [5.41, 5.74) is 1.80. The highest BCUT2D eigenvalue weighted by Crippen LogP contribution is 2.34. The zero-order chi connectivity index (χ0) is 15.3. The average Bonchev–Trinajstić information content (AvgIpc) is 2.48. The summed E-state index contributed by atoms with van der Waals surface area (Å²) in [7, 11) is 3.38. The second kappa shape index (κ2) is 7.28. The van der Waals surface area contributed by atoms with E-state index >= 15 is 0 Å². The Morgan fingerprint density at radius 2 is 1.05 bits per heavy atom. The maximum absolute atomic E-state index is 6.00. The van der Waals surface area contributed by atoms with E-state index in [1.165, 1.54) is 0 Å². The van der Waals surface area contributed by atoms with Crippen LogP contribution >= 0.6 is 23.2 Å². The molecule has 0 aliphatic heterocycles. The molecule has 0 atom stereocenters. The van der Waals surface area contributed by atoms with E-state index in [4.69, 9.17) is 32.7 Å². The summed E-state index contributed by atoms with van der Waals surface area (Å²) in [5.74, 6) is 0. The molecule has 0 saturated carbocycles. The summed E-state index contributed by atoms with van der Waals surface area (Å²) >= 11 is 12.0. The van der Waals surface area contributed by atoms with E-state index in [1.54, 1.807) is 14.2 Å². The third-order valence-electron chi connectivity index (χ3n) is 3.58. The number of hydrogen-bond acceptors (Lipinski definition) is 2. The van der Waals surface area contributed by atoms with Crippen molar-refractivity contribution in [3.8, 4) is 0 Å². The fourth-order valence-corrected chi connectivity index (χ4v) is 2.82. The summed E-state index contributed by atoms with van der Waals surface area (Å²) in [6.45, 7) is 1.01. The van der Waals surface area contributed by atoms with Gasteiger partial charge in [0.2, 0.25) is 0 Å². The van der Waals surface area contributed by atoms with Gasteiger partial charge in [-0.05, 0) is 35.4 Å². The van der Waals surface area contributed by atoms with Crippen molar-refractivity contribution >= 4 is 23.2 Å². The first-order chi connectivity index (χ1) is 10.1. The van der Waals surface area contributed by atoms with Crippen molar-refractivity contribution in [1.29, 1.82) is 0 Å². The van der Waals surface area contributed by atoms with Crippen molar-refractivity contribution in [3.63, 3.8) is 0 Å². The van der Waals surface area contributed by atoms with E-state index in [1.807, 2.05) is 48.5 Å². The Hall–Kier alpha value is -1.06. The maximum atomic E-state index is 6.00. The van der Waals surface area contributed by atoms with E-state index < -0.39 is 5.41 Å². The highest BCUT2D eigenvalue weighted by Gasteiger charge is 2.34. The van der Waals surface area contributed by atoms with Crippen LogP contribution in [0.2, 0.25) is 10.0 Å². The van der Waals surface area contributed by atoms with Crippen LogP contribution in [0.15, 0.2) is 48.5 Å². The van der Waals surface area contributed by atoms with E-state index in [9.17, 15) is 0 Å². The van der Waals surface area contributed by atoms with Crippen molar-refractivity contribution in [2.24, 2.45) is 0 Å². The second-order valence-corrected chi connectivity index (χ2v) is 5.83. The third kappa shape index (κ3) is 3.58. The minimum absolute atomic E-state index is 0.390. The summed E-state index contributed by atoms with van der Waals surface area (Å²) < 4.78 is 11.0. The first-order valence-corrected chi connectivity index (χ1v) is 7.38. The van der Waals surface area contributed by atoms with Gasteiger partial charge < -0.3 is 9.47 Å². The van der Waals surface area contributed by atoms with Crippen molar-refractivity contribution in [3.05, 3.63) is 69.7 Å². The maximum Gasteiger partial charge on any atom is 0.0669 e. The molecule has 0 amide bonds. The van der Waals surface area contributed by atoms with Crippen LogP contribution in [-0.2, 0) is 14.9 Å². The van der Waals surface area contributed by atoms with Crippen molar-refractivity contribution in [2.75, 3.05) is 27.4 Å². The Morgan fingerprint density at radius 1 is 0.714 bits per heavy atom. The standard InChI is InChI=1S/C17H18Cl2O2/c1-20-11-17(12-21-2,13-3-7-15(18)8-4-13)14-5-9-16(19)10-6-14/h3-10H,11-12H2,1-2H3. The monoisotopic (exact) mass is 324 g/mol. The van der Waals surface area contributed by atoms with Crippen LogP contribution < -0.4 is 0 Å². The number of methoxy groups -OCH3 is 2. The van der Waals surface area contributed by atoms with Gasteiger partial charge in [-0.1, -0.05) is 47.5 Å². The van der Waals surface area contributed by atoms with Gasteiger partial charge in [0.25, 0.3) is 0 Å².